The third-order valence-corrected chi connectivity index (χ3v) is 4.99. The van der Waals surface area contributed by atoms with Crippen molar-refractivity contribution in [1.29, 1.82) is 0 Å². The Kier molecular flexibility index (Phi) is 4.18. The molecule has 0 radical (unpaired) electrons. The quantitative estimate of drug-likeness (QED) is 0.820. The van der Waals surface area contributed by atoms with Gasteiger partial charge in [-0.3, -0.25) is 0 Å². The first kappa shape index (κ1) is 14.0. The first-order chi connectivity index (χ1) is 8.97. The summed E-state index contributed by atoms with van der Waals surface area (Å²) in [4.78, 5) is 4.50. The van der Waals surface area contributed by atoms with Crippen molar-refractivity contribution in [2.75, 3.05) is 12.3 Å². The Morgan fingerprint density at radius 1 is 1.32 bits per heavy atom. The van der Waals surface area contributed by atoms with E-state index in [0.29, 0.717) is 18.7 Å². The van der Waals surface area contributed by atoms with Crippen molar-refractivity contribution in [3.05, 3.63) is 40.3 Å². The first-order valence-electron chi connectivity index (χ1n) is 5.73. The van der Waals surface area contributed by atoms with Gasteiger partial charge >= 0.3 is 0 Å². The second-order valence-corrected chi connectivity index (χ2v) is 6.81. The molecule has 2 aromatic rings. The molecule has 3 N–H and O–H groups in total. The maximum Gasteiger partial charge on any atom is 0.240 e. The molecule has 0 amide bonds. The molecule has 0 fully saturated rings. The van der Waals surface area contributed by atoms with E-state index < -0.39 is 10.0 Å². The highest BCUT2D eigenvalue weighted by atomic mass is 32.2. The van der Waals surface area contributed by atoms with Crippen molar-refractivity contribution in [3.63, 3.8) is 0 Å². The summed E-state index contributed by atoms with van der Waals surface area (Å²) < 4.78 is 26.5. The molecule has 5 nitrogen and oxygen atoms in total. The lowest BCUT2D eigenvalue weighted by atomic mass is 10.3. The van der Waals surface area contributed by atoms with Gasteiger partial charge in [0.25, 0.3) is 0 Å². The molecule has 1 aromatic heterocycles. The molecule has 1 aromatic carbocycles. The van der Waals surface area contributed by atoms with E-state index in [2.05, 4.69) is 9.71 Å². The highest BCUT2D eigenvalue weighted by Crippen LogP contribution is 2.12. The van der Waals surface area contributed by atoms with Crippen LogP contribution in [0.1, 0.15) is 10.7 Å². The topological polar surface area (TPSA) is 85.1 Å². The highest BCUT2D eigenvalue weighted by Gasteiger charge is 2.13. The fourth-order valence-corrected chi connectivity index (χ4v) is 3.35. The number of hydrogen-bond donors (Lipinski definition) is 2. The van der Waals surface area contributed by atoms with Crippen LogP contribution in [0.3, 0.4) is 0 Å². The third kappa shape index (κ3) is 3.76. The molecule has 7 heteroatoms. The van der Waals surface area contributed by atoms with Crippen molar-refractivity contribution in [3.8, 4) is 0 Å². The predicted molar refractivity (Wildman–Crippen MR) is 76.6 cm³/mol. The molecule has 2 rings (SSSR count). The van der Waals surface area contributed by atoms with Crippen molar-refractivity contribution in [1.82, 2.24) is 9.71 Å². The number of nitrogens with two attached hydrogens (primary N) is 1. The van der Waals surface area contributed by atoms with Gasteiger partial charge in [-0.2, -0.15) is 0 Å². The van der Waals surface area contributed by atoms with Gasteiger partial charge in [-0.1, -0.05) is 0 Å². The van der Waals surface area contributed by atoms with Gasteiger partial charge in [-0.05, 0) is 31.2 Å². The van der Waals surface area contributed by atoms with Crippen LogP contribution in [0.5, 0.6) is 0 Å². The number of hydrogen-bond acceptors (Lipinski definition) is 5. The van der Waals surface area contributed by atoms with E-state index in [1.54, 1.807) is 12.1 Å². The van der Waals surface area contributed by atoms with E-state index in [1.165, 1.54) is 23.5 Å². The van der Waals surface area contributed by atoms with Gasteiger partial charge in [0.2, 0.25) is 10.0 Å². The summed E-state index contributed by atoms with van der Waals surface area (Å²) in [6.45, 7) is 2.25. The average Bonchev–Trinajstić information content (AvgIpc) is 2.75. The van der Waals surface area contributed by atoms with E-state index in [9.17, 15) is 8.42 Å². The minimum absolute atomic E-state index is 0.219. The number of nitrogens with zero attached hydrogens (tertiary/aromatic N) is 1. The summed E-state index contributed by atoms with van der Waals surface area (Å²) in [6.07, 6.45) is 0.590. The smallest absolute Gasteiger partial charge is 0.240 e. The van der Waals surface area contributed by atoms with Crippen molar-refractivity contribution >= 4 is 27.0 Å². The Morgan fingerprint density at radius 3 is 2.58 bits per heavy atom. The monoisotopic (exact) mass is 297 g/mol. The summed E-state index contributed by atoms with van der Waals surface area (Å²) in [6, 6.07) is 6.12. The third-order valence-electron chi connectivity index (χ3n) is 2.49. The van der Waals surface area contributed by atoms with Crippen LogP contribution in [0.15, 0.2) is 34.5 Å². The summed E-state index contributed by atoms with van der Waals surface area (Å²) in [5, 5.41) is 2.88. The van der Waals surface area contributed by atoms with Gasteiger partial charge in [-0.15, -0.1) is 11.3 Å². The number of benzene rings is 1. The van der Waals surface area contributed by atoms with Crippen LogP contribution in [-0.4, -0.2) is 19.9 Å². The Labute approximate surface area is 116 Å². The van der Waals surface area contributed by atoms with E-state index in [4.69, 9.17) is 5.73 Å². The number of sulfonamides is 1. The Morgan fingerprint density at radius 2 is 2.00 bits per heavy atom. The minimum atomic E-state index is -3.47. The van der Waals surface area contributed by atoms with E-state index in [0.717, 1.165) is 10.7 Å². The van der Waals surface area contributed by atoms with Gasteiger partial charge in [-0.25, -0.2) is 18.1 Å². The molecule has 102 valence electrons. The van der Waals surface area contributed by atoms with Gasteiger partial charge in [0.1, 0.15) is 0 Å². The zero-order chi connectivity index (χ0) is 13.9. The molecular formula is C12H15N3O2S2. The summed E-state index contributed by atoms with van der Waals surface area (Å²) >= 11 is 1.54. The number of rotatable bonds is 5. The number of nitrogen functional groups attached to an aromatic ring is 1. The minimum Gasteiger partial charge on any atom is -0.399 e. The Balaban J connectivity index is 1.96. The Hall–Kier alpha value is -1.44. The second kappa shape index (κ2) is 5.68. The molecule has 0 aliphatic heterocycles. The lowest BCUT2D eigenvalue weighted by Crippen LogP contribution is -2.25. The number of nitrogens with one attached hydrogen (secondary N) is 1. The zero-order valence-corrected chi connectivity index (χ0v) is 12.1. The summed E-state index contributed by atoms with van der Waals surface area (Å²) in [5.74, 6) is 0. The predicted octanol–water partition coefficient (Wildman–Crippen LogP) is 1.55. The van der Waals surface area contributed by atoms with Crippen LogP contribution in [-0.2, 0) is 16.4 Å². The number of anilines is 1. The molecule has 1 heterocycles. The summed E-state index contributed by atoms with van der Waals surface area (Å²) in [7, 11) is -3.47. The van der Waals surface area contributed by atoms with Gasteiger partial charge < -0.3 is 5.73 Å². The van der Waals surface area contributed by atoms with E-state index in [-0.39, 0.29) is 4.90 Å². The molecule has 0 spiro atoms. The normalized spacial score (nSPS) is 11.6. The van der Waals surface area contributed by atoms with Crippen LogP contribution in [0.2, 0.25) is 0 Å². The molecule has 0 aliphatic carbocycles. The molecule has 0 unspecified atom stereocenters. The number of aromatic nitrogens is 1. The van der Waals surface area contributed by atoms with Gasteiger partial charge in [0.15, 0.2) is 0 Å². The molecule has 0 saturated heterocycles. The lowest BCUT2D eigenvalue weighted by Gasteiger charge is -2.06. The number of thiazole rings is 1. The van der Waals surface area contributed by atoms with Crippen LogP contribution in [0.25, 0.3) is 0 Å². The van der Waals surface area contributed by atoms with Crippen LogP contribution >= 0.6 is 11.3 Å². The first-order valence-corrected chi connectivity index (χ1v) is 8.10. The molecule has 0 atom stereocenters. The SMILES string of the molecule is Cc1csc(CCNS(=O)(=O)c2ccc(N)cc2)n1. The van der Waals surface area contributed by atoms with Gasteiger partial charge in [0, 0.05) is 29.7 Å². The van der Waals surface area contributed by atoms with Gasteiger partial charge in [0.05, 0.1) is 9.90 Å². The average molecular weight is 297 g/mol. The number of aryl methyl sites for hydroxylation is 1. The fraction of sp³-hybridized carbons (Fsp3) is 0.250. The highest BCUT2D eigenvalue weighted by molar-refractivity contribution is 7.89. The largest absolute Gasteiger partial charge is 0.399 e. The standard InChI is InChI=1S/C12H15N3O2S2/c1-9-8-18-12(15-9)6-7-14-19(16,17)11-4-2-10(13)3-5-11/h2-5,8,14H,6-7,13H2,1H3. The Bertz CT molecular complexity index is 648. The molecule has 0 saturated carbocycles. The van der Waals surface area contributed by atoms with Crippen LogP contribution in [0, 0.1) is 6.92 Å². The lowest BCUT2D eigenvalue weighted by molar-refractivity contribution is 0.581. The van der Waals surface area contributed by atoms with Crippen LogP contribution < -0.4 is 10.5 Å². The zero-order valence-electron chi connectivity index (χ0n) is 10.5. The molecule has 19 heavy (non-hydrogen) atoms. The van der Waals surface area contributed by atoms with Crippen LogP contribution in [0.4, 0.5) is 5.69 Å². The van der Waals surface area contributed by atoms with E-state index in [1.807, 2.05) is 12.3 Å². The molecular weight excluding hydrogens is 282 g/mol. The fourth-order valence-electron chi connectivity index (χ4n) is 1.54. The second-order valence-electron chi connectivity index (χ2n) is 4.10. The summed E-state index contributed by atoms with van der Waals surface area (Å²) in [5.41, 5.74) is 7.02. The van der Waals surface area contributed by atoms with Crippen molar-refractivity contribution < 1.29 is 8.42 Å². The maximum absolute atomic E-state index is 12.0. The maximum atomic E-state index is 12.0. The molecule has 0 bridgehead atoms. The van der Waals surface area contributed by atoms with E-state index >= 15 is 0 Å². The van der Waals surface area contributed by atoms with Crippen molar-refractivity contribution in [2.45, 2.75) is 18.2 Å². The molecule has 0 aliphatic rings. The van der Waals surface area contributed by atoms with Crippen molar-refractivity contribution in [2.24, 2.45) is 0 Å².